The first kappa shape index (κ1) is 9.22. The Labute approximate surface area is 83.4 Å². The lowest BCUT2D eigenvalue weighted by Crippen LogP contribution is -2.15. The highest BCUT2D eigenvalue weighted by Gasteiger charge is 2.25. The van der Waals surface area contributed by atoms with Gasteiger partial charge in [0.05, 0.1) is 6.10 Å². The molecule has 1 aromatic rings. The van der Waals surface area contributed by atoms with Crippen LogP contribution in [0, 0.1) is 12.8 Å². The summed E-state index contributed by atoms with van der Waals surface area (Å²) in [6, 6.07) is 0. The van der Waals surface area contributed by atoms with Gasteiger partial charge in [0, 0.05) is 0 Å². The van der Waals surface area contributed by atoms with Crippen molar-refractivity contribution in [2.24, 2.45) is 5.92 Å². The summed E-state index contributed by atoms with van der Waals surface area (Å²) < 4.78 is 0. The van der Waals surface area contributed by atoms with E-state index in [0.29, 0.717) is 5.92 Å². The van der Waals surface area contributed by atoms with Gasteiger partial charge in [0.15, 0.2) is 0 Å². The van der Waals surface area contributed by atoms with Gasteiger partial charge in [-0.3, -0.25) is 0 Å². The third kappa shape index (κ3) is 1.94. The van der Waals surface area contributed by atoms with Crippen molar-refractivity contribution in [1.29, 1.82) is 0 Å². The topological polar surface area (TPSA) is 20.2 Å². The molecular weight excluding hydrogens is 180 g/mol. The maximum absolute atomic E-state index is 9.68. The second-order valence-electron chi connectivity index (χ2n) is 4.04. The van der Waals surface area contributed by atoms with Crippen molar-refractivity contribution in [3.63, 3.8) is 0 Å². The van der Waals surface area contributed by atoms with Crippen LogP contribution in [0.25, 0.3) is 0 Å². The highest BCUT2D eigenvalue weighted by molar-refractivity contribution is 7.08. The number of hydrogen-bond donors (Lipinski definition) is 1. The summed E-state index contributed by atoms with van der Waals surface area (Å²) >= 11 is 1.77. The van der Waals surface area contributed by atoms with Crippen LogP contribution in [0.5, 0.6) is 0 Å². The van der Waals surface area contributed by atoms with Crippen molar-refractivity contribution < 1.29 is 5.11 Å². The van der Waals surface area contributed by atoms with Gasteiger partial charge in [0.2, 0.25) is 0 Å². The Morgan fingerprint density at radius 1 is 1.46 bits per heavy atom. The molecule has 1 aromatic heterocycles. The molecule has 1 aliphatic rings. The SMILES string of the molecule is Cc1cscc1C[C@@H]1CCC[C@H]1O. The molecule has 2 rings (SSSR count). The van der Waals surface area contributed by atoms with Crippen LogP contribution < -0.4 is 0 Å². The third-order valence-electron chi connectivity index (χ3n) is 3.06. The van der Waals surface area contributed by atoms with Crippen LogP contribution in [0.1, 0.15) is 30.4 Å². The molecule has 1 saturated carbocycles. The first-order chi connectivity index (χ1) is 6.27. The van der Waals surface area contributed by atoms with Crippen molar-refractivity contribution >= 4 is 11.3 Å². The van der Waals surface area contributed by atoms with Gasteiger partial charge in [-0.05, 0) is 54.0 Å². The standard InChI is InChI=1S/C11H16OS/c1-8-6-13-7-10(8)5-9-3-2-4-11(9)12/h6-7,9,11-12H,2-5H2,1H3/t9-,11+/m0/s1. The molecule has 72 valence electrons. The fourth-order valence-corrected chi connectivity index (χ4v) is 3.00. The predicted molar refractivity (Wildman–Crippen MR) is 56.1 cm³/mol. The van der Waals surface area contributed by atoms with Crippen LogP contribution in [0.4, 0.5) is 0 Å². The Morgan fingerprint density at radius 3 is 2.85 bits per heavy atom. The number of thiophene rings is 1. The van der Waals surface area contributed by atoms with E-state index in [1.54, 1.807) is 11.3 Å². The summed E-state index contributed by atoms with van der Waals surface area (Å²) in [4.78, 5) is 0. The van der Waals surface area contributed by atoms with Gasteiger partial charge in [-0.15, -0.1) is 0 Å². The lowest BCUT2D eigenvalue weighted by molar-refractivity contribution is 0.132. The van der Waals surface area contributed by atoms with Crippen LogP contribution in [0.3, 0.4) is 0 Å². The molecule has 0 aromatic carbocycles. The number of rotatable bonds is 2. The van der Waals surface area contributed by atoms with Gasteiger partial charge < -0.3 is 5.11 Å². The lowest BCUT2D eigenvalue weighted by Gasteiger charge is -2.13. The fraction of sp³-hybridized carbons (Fsp3) is 0.636. The zero-order chi connectivity index (χ0) is 9.26. The summed E-state index contributed by atoms with van der Waals surface area (Å²) in [5.41, 5.74) is 2.83. The van der Waals surface area contributed by atoms with Gasteiger partial charge in [-0.2, -0.15) is 11.3 Å². The average Bonchev–Trinajstić information content (AvgIpc) is 2.65. The number of aliphatic hydroxyl groups is 1. The van der Waals surface area contributed by atoms with Crippen LogP contribution in [0.15, 0.2) is 10.8 Å². The second kappa shape index (κ2) is 3.81. The summed E-state index contributed by atoms with van der Waals surface area (Å²) in [5.74, 6) is 0.522. The molecule has 0 aliphatic heterocycles. The van der Waals surface area contributed by atoms with E-state index in [1.807, 2.05) is 0 Å². The van der Waals surface area contributed by atoms with Gasteiger partial charge in [0.25, 0.3) is 0 Å². The van der Waals surface area contributed by atoms with Crippen molar-refractivity contribution in [3.8, 4) is 0 Å². The van der Waals surface area contributed by atoms with Crippen molar-refractivity contribution in [3.05, 3.63) is 21.9 Å². The lowest BCUT2D eigenvalue weighted by atomic mass is 9.96. The minimum absolute atomic E-state index is 0.0423. The Bertz CT molecular complexity index is 279. The zero-order valence-electron chi connectivity index (χ0n) is 7.99. The fourth-order valence-electron chi connectivity index (χ4n) is 2.13. The van der Waals surface area contributed by atoms with Gasteiger partial charge >= 0.3 is 0 Å². The van der Waals surface area contributed by atoms with E-state index in [-0.39, 0.29) is 6.10 Å². The maximum atomic E-state index is 9.68. The highest BCUT2D eigenvalue weighted by Crippen LogP contribution is 2.30. The zero-order valence-corrected chi connectivity index (χ0v) is 8.81. The van der Waals surface area contributed by atoms with Gasteiger partial charge in [-0.1, -0.05) is 6.42 Å². The summed E-state index contributed by atoms with van der Waals surface area (Å²) in [5, 5.41) is 14.1. The molecule has 1 N–H and O–H groups in total. The van der Waals surface area contributed by atoms with Crippen LogP contribution in [-0.2, 0) is 6.42 Å². The smallest absolute Gasteiger partial charge is 0.0571 e. The summed E-state index contributed by atoms with van der Waals surface area (Å²) in [6.45, 7) is 2.16. The van der Waals surface area contributed by atoms with Crippen LogP contribution in [-0.4, -0.2) is 11.2 Å². The van der Waals surface area contributed by atoms with Crippen molar-refractivity contribution in [2.45, 2.75) is 38.7 Å². The molecular formula is C11H16OS. The van der Waals surface area contributed by atoms with Crippen LogP contribution in [0.2, 0.25) is 0 Å². The van der Waals surface area contributed by atoms with E-state index in [0.717, 1.165) is 12.8 Å². The number of hydrogen-bond acceptors (Lipinski definition) is 2. The molecule has 1 fully saturated rings. The highest BCUT2D eigenvalue weighted by atomic mass is 32.1. The van der Waals surface area contributed by atoms with E-state index in [9.17, 15) is 5.11 Å². The molecule has 1 heterocycles. The Morgan fingerprint density at radius 2 is 2.31 bits per heavy atom. The Hall–Kier alpha value is -0.340. The normalized spacial score (nSPS) is 28.2. The van der Waals surface area contributed by atoms with E-state index < -0.39 is 0 Å². The minimum Gasteiger partial charge on any atom is -0.393 e. The first-order valence-electron chi connectivity index (χ1n) is 4.97. The number of aryl methyl sites for hydroxylation is 1. The average molecular weight is 196 g/mol. The summed E-state index contributed by atoms with van der Waals surface area (Å²) in [6.07, 6.45) is 4.45. The third-order valence-corrected chi connectivity index (χ3v) is 3.97. The molecule has 1 nitrogen and oxygen atoms in total. The molecule has 1 aliphatic carbocycles. The maximum Gasteiger partial charge on any atom is 0.0571 e. The molecule has 0 radical (unpaired) electrons. The quantitative estimate of drug-likeness (QED) is 0.771. The van der Waals surface area contributed by atoms with Crippen LogP contribution >= 0.6 is 11.3 Å². The molecule has 2 atom stereocenters. The van der Waals surface area contributed by atoms with Crippen molar-refractivity contribution in [1.82, 2.24) is 0 Å². The Balaban J connectivity index is 2.01. The minimum atomic E-state index is -0.0423. The first-order valence-corrected chi connectivity index (χ1v) is 5.91. The molecule has 13 heavy (non-hydrogen) atoms. The molecule has 0 saturated heterocycles. The monoisotopic (exact) mass is 196 g/mol. The molecule has 0 bridgehead atoms. The molecule has 2 heteroatoms. The second-order valence-corrected chi connectivity index (χ2v) is 4.79. The van der Waals surface area contributed by atoms with Gasteiger partial charge in [-0.25, -0.2) is 0 Å². The molecule has 0 unspecified atom stereocenters. The van der Waals surface area contributed by atoms with E-state index in [2.05, 4.69) is 17.7 Å². The molecule has 0 amide bonds. The van der Waals surface area contributed by atoms with E-state index >= 15 is 0 Å². The van der Waals surface area contributed by atoms with Crippen molar-refractivity contribution in [2.75, 3.05) is 0 Å². The number of aliphatic hydroxyl groups excluding tert-OH is 1. The summed E-state index contributed by atoms with van der Waals surface area (Å²) in [7, 11) is 0. The van der Waals surface area contributed by atoms with E-state index in [1.165, 1.54) is 24.0 Å². The largest absolute Gasteiger partial charge is 0.393 e. The predicted octanol–water partition coefficient (Wildman–Crippen LogP) is 2.76. The van der Waals surface area contributed by atoms with E-state index in [4.69, 9.17) is 0 Å². The Kier molecular flexibility index (Phi) is 2.70. The van der Waals surface area contributed by atoms with Gasteiger partial charge in [0.1, 0.15) is 0 Å². The molecule has 0 spiro atoms.